The van der Waals surface area contributed by atoms with Crippen LogP contribution in [-0.4, -0.2) is 23.1 Å². The largest absolute Gasteiger partial charge is 0.355 e. The van der Waals surface area contributed by atoms with Gasteiger partial charge in [-0.1, -0.05) is 24.3 Å². The summed E-state index contributed by atoms with van der Waals surface area (Å²) in [5, 5.41) is 9.38. The molecule has 1 aliphatic heterocycles. The van der Waals surface area contributed by atoms with Crippen LogP contribution >= 0.6 is 0 Å². The maximum absolute atomic E-state index is 12.2. The zero-order valence-electron chi connectivity index (χ0n) is 12.9. The zero-order chi connectivity index (χ0) is 15.8. The maximum atomic E-state index is 12.2. The van der Waals surface area contributed by atoms with Crippen LogP contribution in [0.4, 0.5) is 5.82 Å². The van der Waals surface area contributed by atoms with E-state index in [4.69, 9.17) is 0 Å². The van der Waals surface area contributed by atoms with Gasteiger partial charge in [-0.3, -0.25) is 4.79 Å². The molecule has 1 aromatic carbocycles. The highest BCUT2D eigenvalue weighted by atomic mass is 16.1. The molecule has 1 saturated carbocycles. The summed E-state index contributed by atoms with van der Waals surface area (Å²) in [5.41, 5.74) is 2.53. The SMILES string of the molecule is N#Cc1c(N2CCc3ccccc3CC2)nc(C2CC2)[nH]c1=O. The van der Waals surface area contributed by atoms with Gasteiger partial charge in [0.1, 0.15) is 11.9 Å². The van der Waals surface area contributed by atoms with Gasteiger partial charge in [0.25, 0.3) is 5.56 Å². The van der Waals surface area contributed by atoms with E-state index < -0.39 is 0 Å². The number of H-pyrrole nitrogens is 1. The Morgan fingerprint density at radius 2 is 1.83 bits per heavy atom. The number of fused-ring (bicyclic) bond motifs is 1. The lowest BCUT2D eigenvalue weighted by Gasteiger charge is -2.22. The fourth-order valence-corrected chi connectivity index (χ4v) is 3.24. The van der Waals surface area contributed by atoms with Crippen molar-refractivity contribution in [2.45, 2.75) is 31.6 Å². The Balaban J connectivity index is 1.70. The first kappa shape index (κ1) is 14.0. The van der Waals surface area contributed by atoms with Crippen LogP contribution in [0, 0.1) is 11.3 Å². The van der Waals surface area contributed by atoms with Gasteiger partial charge in [-0.25, -0.2) is 4.98 Å². The van der Waals surface area contributed by atoms with Gasteiger partial charge in [-0.05, 0) is 36.8 Å². The predicted octanol–water partition coefficient (Wildman–Crippen LogP) is 2.12. The average Bonchev–Trinajstić information content (AvgIpc) is 3.41. The van der Waals surface area contributed by atoms with Crippen molar-refractivity contribution in [2.75, 3.05) is 18.0 Å². The molecular weight excluding hydrogens is 288 g/mol. The third kappa shape index (κ3) is 2.61. The molecule has 23 heavy (non-hydrogen) atoms. The number of aromatic amines is 1. The average molecular weight is 306 g/mol. The fraction of sp³-hybridized carbons (Fsp3) is 0.389. The molecule has 2 aromatic rings. The van der Waals surface area contributed by atoms with Crippen molar-refractivity contribution in [2.24, 2.45) is 0 Å². The number of hydrogen-bond donors (Lipinski definition) is 1. The second-order valence-electron chi connectivity index (χ2n) is 6.29. The zero-order valence-corrected chi connectivity index (χ0v) is 12.9. The highest BCUT2D eigenvalue weighted by Gasteiger charge is 2.29. The fourth-order valence-electron chi connectivity index (χ4n) is 3.24. The van der Waals surface area contributed by atoms with Crippen LogP contribution in [0.25, 0.3) is 0 Å². The van der Waals surface area contributed by atoms with Crippen LogP contribution < -0.4 is 10.5 Å². The smallest absolute Gasteiger partial charge is 0.271 e. The molecule has 0 radical (unpaired) electrons. The monoisotopic (exact) mass is 306 g/mol. The van der Waals surface area contributed by atoms with Crippen molar-refractivity contribution < 1.29 is 0 Å². The number of anilines is 1. The molecule has 2 aliphatic rings. The summed E-state index contributed by atoms with van der Waals surface area (Å²) in [6, 6.07) is 10.5. The van der Waals surface area contributed by atoms with Gasteiger partial charge in [-0.15, -0.1) is 0 Å². The summed E-state index contributed by atoms with van der Waals surface area (Å²) in [6.07, 6.45) is 3.96. The third-order valence-electron chi connectivity index (χ3n) is 4.71. The Hall–Kier alpha value is -2.61. The molecule has 0 atom stereocenters. The second kappa shape index (κ2) is 5.54. The van der Waals surface area contributed by atoms with E-state index in [-0.39, 0.29) is 11.1 Å². The maximum Gasteiger partial charge on any atom is 0.271 e. The van der Waals surface area contributed by atoms with E-state index in [9.17, 15) is 10.1 Å². The molecule has 0 bridgehead atoms. The highest BCUT2D eigenvalue weighted by Crippen LogP contribution is 2.38. The molecule has 0 spiro atoms. The lowest BCUT2D eigenvalue weighted by atomic mass is 10.0. The van der Waals surface area contributed by atoms with Crippen molar-refractivity contribution >= 4 is 5.82 Å². The van der Waals surface area contributed by atoms with Gasteiger partial charge in [0.15, 0.2) is 11.4 Å². The number of rotatable bonds is 2. The van der Waals surface area contributed by atoms with Gasteiger partial charge in [0, 0.05) is 19.0 Å². The topological polar surface area (TPSA) is 72.8 Å². The second-order valence-corrected chi connectivity index (χ2v) is 6.29. The number of nitrogens with zero attached hydrogens (tertiary/aromatic N) is 3. The highest BCUT2D eigenvalue weighted by molar-refractivity contribution is 5.54. The number of aromatic nitrogens is 2. The van der Waals surface area contributed by atoms with Crippen molar-refractivity contribution in [3.63, 3.8) is 0 Å². The minimum atomic E-state index is -0.304. The van der Waals surface area contributed by atoms with E-state index in [0.29, 0.717) is 11.7 Å². The van der Waals surface area contributed by atoms with Crippen LogP contribution in [0.3, 0.4) is 0 Å². The van der Waals surface area contributed by atoms with Crippen LogP contribution in [0.5, 0.6) is 0 Å². The molecule has 2 heterocycles. The van der Waals surface area contributed by atoms with Crippen LogP contribution in [0.15, 0.2) is 29.1 Å². The first-order valence-corrected chi connectivity index (χ1v) is 8.12. The first-order valence-electron chi connectivity index (χ1n) is 8.12. The first-order chi connectivity index (χ1) is 11.3. The molecule has 0 amide bonds. The summed E-state index contributed by atoms with van der Waals surface area (Å²) in [6.45, 7) is 1.57. The number of hydrogen-bond acceptors (Lipinski definition) is 4. The molecule has 1 N–H and O–H groups in total. The molecule has 1 aliphatic carbocycles. The molecule has 5 heteroatoms. The molecule has 116 valence electrons. The van der Waals surface area contributed by atoms with Gasteiger partial charge in [-0.2, -0.15) is 5.26 Å². The number of benzene rings is 1. The van der Waals surface area contributed by atoms with E-state index in [1.54, 1.807) is 0 Å². The Labute approximate surface area is 134 Å². The van der Waals surface area contributed by atoms with Crippen molar-refractivity contribution in [1.29, 1.82) is 5.26 Å². The summed E-state index contributed by atoms with van der Waals surface area (Å²) in [7, 11) is 0. The molecule has 0 saturated heterocycles. The van der Waals surface area contributed by atoms with E-state index >= 15 is 0 Å². The van der Waals surface area contributed by atoms with Gasteiger partial charge < -0.3 is 9.88 Å². The molecule has 1 aromatic heterocycles. The molecule has 0 unspecified atom stereocenters. The number of nitrogens with one attached hydrogen (secondary N) is 1. The Bertz CT molecular complexity index is 818. The molecule has 1 fully saturated rings. The van der Waals surface area contributed by atoms with Crippen molar-refractivity contribution in [1.82, 2.24) is 9.97 Å². The summed E-state index contributed by atoms with van der Waals surface area (Å²) in [4.78, 5) is 21.8. The molecule has 5 nitrogen and oxygen atoms in total. The van der Waals surface area contributed by atoms with E-state index in [1.165, 1.54) is 11.1 Å². The van der Waals surface area contributed by atoms with Crippen LogP contribution in [0.1, 0.15) is 41.3 Å². The number of nitriles is 1. The molecule has 4 rings (SSSR count). The minimum Gasteiger partial charge on any atom is -0.355 e. The third-order valence-corrected chi connectivity index (χ3v) is 4.71. The Kier molecular flexibility index (Phi) is 3.38. The van der Waals surface area contributed by atoms with Gasteiger partial charge in [0.05, 0.1) is 0 Å². The summed E-state index contributed by atoms with van der Waals surface area (Å²) in [5.74, 6) is 1.66. The van der Waals surface area contributed by atoms with E-state index in [1.807, 2.05) is 6.07 Å². The summed E-state index contributed by atoms with van der Waals surface area (Å²) < 4.78 is 0. The van der Waals surface area contributed by atoms with Gasteiger partial charge in [0.2, 0.25) is 0 Å². The lowest BCUT2D eigenvalue weighted by molar-refractivity contribution is 0.770. The normalized spacial score (nSPS) is 17.3. The van der Waals surface area contributed by atoms with Gasteiger partial charge >= 0.3 is 0 Å². The predicted molar refractivity (Wildman–Crippen MR) is 87.6 cm³/mol. The van der Waals surface area contributed by atoms with E-state index in [2.05, 4.69) is 39.1 Å². The Morgan fingerprint density at radius 1 is 1.17 bits per heavy atom. The standard InChI is InChI=1S/C18H18N4O/c19-11-15-17(20-16(14-5-6-14)21-18(15)23)22-9-7-12-3-1-2-4-13(12)8-10-22/h1-4,14H,5-10H2,(H,20,21,23). The van der Waals surface area contributed by atoms with Crippen molar-refractivity contribution in [3.8, 4) is 6.07 Å². The van der Waals surface area contributed by atoms with E-state index in [0.717, 1.165) is 44.6 Å². The Morgan fingerprint density at radius 3 is 2.39 bits per heavy atom. The lowest BCUT2D eigenvalue weighted by Crippen LogP contribution is -2.31. The van der Waals surface area contributed by atoms with Crippen LogP contribution in [0.2, 0.25) is 0 Å². The minimum absolute atomic E-state index is 0.139. The van der Waals surface area contributed by atoms with Crippen molar-refractivity contribution in [3.05, 3.63) is 57.1 Å². The summed E-state index contributed by atoms with van der Waals surface area (Å²) >= 11 is 0. The quantitative estimate of drug-likeness (QED) is 0.922. The molecular formula is C18H18N4O. The van der Waals surface area contributed by atoms with Crippen LogP contribution in [-0.2, 0) is 12.8 Å².